The van der Waals surface area contributed by atoms with Crippen LogP contribution in [0, 0.1) is 0 Å². The average Bonchev–Trinajstić information content (AvgIpc) is 2.21. The van der Waals surface area contributed by atoms with Crippen LogP contribution in [0.4, 0.5) is 0 Å². The van der Waals surface area contributed by atoms with E-state index in [2.05, 4.69) is 4.98 Å². The van der Waals surface area contributed by atoms with E-state index in [1.165, 1.54) is 0 Å². The maximum Gasteiger partial charge on any atom is 0.234 e. The molecule has 0 aliphatic carbocycles. The van der Waals surface area contributed by atoms with Gasteiger partial charge in [0.25, 0.3) is 0 Å². The first kappa shape index (κ1) is 13.8. The number of pyridine rings is 1. The summed E-state index contributed by atoms with van der Waals surface area (Å²) in [5.74, 6) is 0. The van der Waals surface area contributed by atoms with Gasteiger partial charge < -0.3 is 0 Å². The molecule has 1 heterocycles. The molecule has 7 heteroatoms. The SMILES string of the molecule is Clc1ccc2c(Cl)c(Cl)c(C(Cl)(Cl)Cl)nc2c1. The second kappa shape index (κ2) is 4.80. The van der Waals surface area contributed by atoms with E-state index in [1.54, 1.807) is 18.2 Å². The van der Waals surface area contributed by atoms with Crippen LogP contribution in [0.3, 0.4) is 0 Å². The zero-order chi connectivity index (χ0) is 12.8. The van der Waals surface area contributed by atoms with Crippen LogP contribution in [0.2, 0.25) is 15.1 Å². The molecule has 2 aromatic rings. The fourth-order valence-electron chi connectivity index (χ4n) is 1.36. The summed E-state index contributed by atoms with van der Waals surface area (Å²) in [4.78, 5) is 4.17. The molecule has 2 rings (SSSR count). The second-order valence-corrected chi connectivity index (χ2v) is 6.72. The number of alkyl halides is 3. The lowest BCUT2D eigenvalue weighted by molar-refractivity contribution is 1.12. The number of halogens is 6. The van der Waals surface area contributed by atoms with Crippen molar-refractivity contribution in [2.24, 2.45) is 0 Å². The highest BCUT2D eigenvalue weighted by Crippen LogP contribution is 2.44. The van der Waals surface area contributed by atoms with Gasteiger partial charge in [0, 0.05) is 10.4 Å². The van der Waals surface area contributed by atoms with E-state index in [0.29, 0.717) is 15.9 Å². The molecular weight excluding hydrogens is 347 g/mol. The molecule has 0 saturated heterocycles. The van der Waals surface area contributed by atoms with Crippen LogP contribution in [0.5, 0.6) is 0 Å². The number of benzene rings is 1. The van der Waals surface area contributed by atoms with E-state index in [1.807, 2.05) is 0 Å². The monoisotopic (exact) mass is 347 g/mol. The maximum absolute atomic E-state index is 6.10. The molecule has 0 aliphatic rings. The van der Waals surface area contributed by atoms with Crippen molar-refractivity contribution >= 4 is 80.5 Å². The number of fused-ring (bicyclic) bond motifs is 1. The predicted octanol–water partition coefficient (Wildman–Crippen LogP) is 6.02. The summed E-state index contributed by atoms with van der Waals surface area (Å²) in [5.41, 5.74) is 0.608. The van der Waals surface area contributed by atoms with Gasteiger partial charge in [-0.3, -0.25) is 0 Å². The van der Waals surface area contributed by atoms with Crippen LogP contribution in [0.15, 0.2) is 18.2 Å². The summed E-state index contributed by atoms with van der Waals surface area (Å²) in [6.07, 6.45) is 0. The van der Waals surface area contributed by atoms with E-state index in [4.69, 9.17) is 69.6 Å². The van der Waals surface area contributed by atoms with Crippen molar-refractivity contribution in [2.45, 2.75) is 3.79 Å². The van der Waals surface area contributed by atoms with Gasteiger partial charge in [0.15, 0.2) is 0 Å². The third-order valence-corrected chi connectivity index (χ3v) is 3.73. The molecule has 0 amide bonds. The molecule has 0 aliphatic heterocycles. The largest absolute Gasteiger partial charge is 0.247 e. The zero-order valence-corrected chi connectivity index (χ0v) is 12.5. The van der Waals surface area contributed by atoms with Gasteiger partial charge in [-0.1, -0.05) is 69.6 Å². The Bertz CT molecular complexity index is 589. The van der Waals surface area contributed by atoms with Crippen molar-refractivity contribution in [3.05, 3.63) is 39.0 Å². The minimum atomic E-state index is -1.74. The van der Waals surface area contributed by atoms with Gasteiger partial charge in [-0.2, -0.15) is 0 Å². The highest BCUT2D eigenvalue weighted by molar-refractivity contribution is 6.67. The third-order valence-electron chi connectivity index (χ3n) is 2.10. The molecule has 90 valence electrons. The molecule has 0 N–H and O–H groups in total. The molecule has 0 radical (unpaired) electrons. The predicted molar refractivity (Wildman–Crippen MR) is 76.0 cm³/mol. The molecule has 17 heavy (non-hydrogen) atoms. The van der Waals surface area contributed by atoms with Crippen molar-refractivity contribution < 1.29 is 0 Å². The Morgan fingerprint density at radius 2 is 1.59 bits per heavy atom. The van der Waals surface area contributed by atoms with Crippen molar-refractivity contribution in [2.75, 3.05) is 0 Å². The van der Waals surface area contributed by atoms with Gasteiger partial charge in [0.1, 0.15) is 5.69 Å². The van der Waals surface area contributed by atoms with Crippen LogP contribution >= 0.6 is 69.6 Å². The Labute approximate surface area is 128 Å². The Balaban J connectivity index is 2.85. The molecule has 0 atom stereocenters. The smallest absolute Gasteiger partial charge is 0.234 e. The van der Waals surface area contributed by atoms with Crippen LogP contribution in [-0.4, -0.2) is 4.98 Å². The van der Waals surface area contributed by atoms with E-state index >= 15 is 0 Å². The first-order chi connectivity index (χ1) is 7.80. The van der Waals surface area contributed by atoms with Gasteiger partial charge in [-0.25, -0.2) is 4.98 Å². The third kappa shape index (κ3) is 2.70. The van der Waals surface area contributed by atoms with E-state index in [9.17, 15) is 0 Å². The van der Waals surface area contributed by atoms with Gasteiger partial charge in [0.2, 0.25) is 3.79 Å². The highest BCUT2D eigenvalue weighted by Gasteiger charge is 2.30. The van der Waals surface area contributed by atoms with Crippen molar-refractivity contribution in [1.29, 1.82) is 0 Å². The highest BCUT2D eigenvalue weighted by atomic mass is 35.6. The van der Waals surface area contributed by atoms with Gasteiger partial charge in [0.05, 0.1) is 15.6 Å². The topological polar surface area (TPSA) is 12.9 Å². The lowest BCUT2D eigenvalue weighted by Gasteiger charge is -2.14. The van der Waals surface area contributed by atoms with E-state index < -0.39 is 3.79 Å². The second-order valence-electron chi connectivity index (χ2n) is 3.25. The fraction of sp³-hybridized carbons (Fsp3) is 0.100. The molecule has 1 aromatic heterocycles. The number of rotatable bonds is 0. The summed E-state index contributed by atoms with van der Waals surface area (Å²) in [7, 11) is 0. The molecular formula is C10H3Cl6N. The van der Waals surface area contributed by atoms with Crippen molar-refractivity contribution in [1.82, 2.24) is 4.98 Å². The van der Waals surface area contributed by atoms with Crippen molar-refractivity contribution in [3.8, 4) is 0 Å². The number of hydrogen-bond acceptors (Lipinski definition) is 1. The first-order valence-electron chi connectivity index (χ1n) is 4.32. The van der Waals surface area contributed by atoms with E-state index in [-0.39, 0.29) is 15.7 Å². The number of nitrogens with zero attached hydrogens (tertiary/aromatic N) is 1. The zero-order valence-electron chi connectivity index (χ0n) is 7.95. The first-order valence-corrected chi connectivity index (χ1v) is 6.59. The van der Waals surface area contributed by atoms with Crippen LogP contribution in [-0.2, 0) is 3.79 Å². The molecule has 0 fully saturated rings. The van der Waals surface area contributed by atoms with Crippen LogP contribution in [0.25, 0.3) is 10.9 Å². The molecule has 0 bridgehead atoms. The molecule has 0 spiro atoms. The summed E-state index contributed by atoms with van der Waals surface area (Å²) in [6, 6.07) is 5.02. The molecule has 1 aromatic carbocycles. The van der Waals surface area contributed by atoms with Gasteiger partial charge in [-0.15, -0.1) is 0 Å². The Morgan fingerprint density at radius 1 is 0.941 bits per heavy atom. The quantitative estimate of drug-likeness (QED) is 0.530. The Hall–Kier alpha value is 0.370. The lowest BCUT2D eigenvalue weighted by atomic mass is 10.2. The van der Waals surface area contributed by atoms with Crippen LogP contribution in [0.1, 0.15) is 5.69 Å². The molecule has 0 saturated carbocycles. The average molecular weight is 350 g/mol. The number of aromatic nitrogens is 1. The summed E-state index contributed by atoms with van der Waals surface area (Å²) < 4.78 is -1.74. The number of hydrogen-bond donors (Lipinski definition) is 0. The van der Waals surface area contributed by atoms with Gasteiger partial charge in [-0.05, 0) is 18.2 Å². The van der Waals surface area contributed by atoms with E-state index in [0.717, 1.165) is 0 Å². The summed E-state index contributed by atoms with van der Waals surface area (Å²) in [5, 5.41) is 1.58. The van der Waals surface area contributed by atoms with Crippen LogP contribution < -0.4 is 0 Å². The summed E-state index contributed by atoms with van der Waals surface area (Å²) >= 11 is 35.3. The minimum Gasteiger partial charge on any atom is -0.247 e. The summed E-state index contributed by atoms with van der Waals surface area (Å²) in [6.45, 7) is 0. The standard InChI is InChI=1S/C10H3Cl6N/c11-4-1-2-5-6(3-4)17-9(10(14,15)16)8(13)7(5)12/h1-3H. The molecule has 1 nitrogen and oxygen atoms in total. The van der Waals surface area contributed by atoms with Crippen molar-refractivity contribution in [3.63, 3.8) is 0 Å². The normalized spacial score (nSPS) is 12.1. The fourth-order valence-corrected chi connectivity index (χ4v) is 2.62. The molecule has 0 unspecified atom stereocenters. The Morgan fingerprint density at radius 3 is 2.18 bits per heavy atom. The van der Waals surface area contributed by atoms with Gasteiger partial charge >= 0.3 is 0 Å². The lowest BCUT2D eigenvalue weighted by Crippen LogP contribution is -2.05. The minimum absolute atomic E-state index is 0.0870. The maximum atomic E-state index is 6.10. The Kier molecular flexibility index (Phi) is 3.90.